The fraction of sp³-hybridized carbons (Fsp3) is 0.267. The Morgan fingerprint density at radius 3 is 2.86 bits per heavy atom. The Morgan fingerprint density at radius 1 is 1.52 bits per heavy atom. The number of rotatable bonds is 4. The maximum absolute atomic E-state index is 12.1. The van der Waals surface area contributed by atoms with Gasteiger partial charge < -0.3 is 4.90 Å². The fourth-order valence-corrected chi connectivity index (χ4v) is 2.20. The first-order valence-corrected chi connectivity index (χ1v) is 6.88. The van der Waals surface area contributed by atoms with Crippen LogP contribution in [0.4, 0.5) is 0 Å². The van der Waals surface area contributed by atoms with E-state index < -0.39 is 0 Å². The molecule has 0 bridgehead atoms. The summed E-state index contributed by atoms with van der Waals surface area (Å²) in [6.07, 6.45) is 6.66. The molecule has 21 heavy (non-hydrogen) atoms. The minimum Gasteiger partial charge on any atom is -0.338 e. The topological polar surface area (TPSA) is 51.0 Å². The van der Waals surface area contributed by atoms with Gasteiger partial charge in [0.1, 0.15) is 5.15 Å². The molecule has 0 spiro atoms. The Labute approximate surface area is 128 Å². The van der Waals surface area contributed by atoms with Crippen LogP contribution in [0.3, 0.4) is 0 Å². The van der Waals surface area contributed by atoms with E-state index in [4.69, 9.17) is 11.6 Å². The number of likely N-dealkylation sites (N-methyl/N-ethyl adjacent to an activating group) is 1. The molecule has 110 valence electrons. The third-order valence-corrected chi connectivity index (χ3v) is 3.56. The van der Waals surface area contributed by atoms with E-state index in [1.54, 1.807) is 42.1 Å². The van der Waals surface area contributed by atoms with Gasteiger partial charge in [0.2, 0.25) is 5.91 Å². The highest BCUT2D eigenvalue weighted by atomic mass is 35.5. The molecule has 0 fully saturated rings. The van der Waals surface area contributed by atoms with Gasteiger partial charge in [0.05, 0.1) is 5.69 Å². The molecule has 2 heterocycles. The second kappa shape index (κ2) is 6.54. The van der Waals surface area contributed by atoms with Crippen LogP contribution in [-0.2, 0) is 18.4 Å². The SMILES string of the molecule is Cc1nn(C)c(Cl)c1C=CC(=O)N(C)Cc1cccnc1. The summed E-state index contributed by atoms with van der Waals surface area (Å²) >= 11 is 6.12. The van der Waals surface area contributed by atoms with Crippen LogP contribution in [0.1, 0.15) is 16.8 Å². The Morgan fingerprint density at radius 2 is 2.29 bits per heavy atom. The quantitative estimate of drug-likeness (QED) is 0.815. The number of nitrogens with zero attached hydrogens (tertiary/aromatic N) is 4. The summed E-state index contributed by atoms with van der Waals surface area (Å²) in [6.45, 7) is 2.37. The fourth-order valence-electron chi connectivity index (χ4n) is 1.96. The highest BCUT2D eigenvalue weighted by Crippen LogP contribution is 2.20. The Hall–Kier alpha value is -2.14. The largest absolute Gasteiger partial charge is 0.338 e. The van der Waals surface area contributed by atoms with Gasteiger partial charge in [0.15, 0.2) is 0 Å². The van der Waals surface area contributed by atoms with Crippen molar-refractivity contribution in [3.05, 3.63) is 52.6 Å². The number of hydrogen-bond donors (Lipinski definition) is 0. The molecule has 0 aliphatic carbocycles. The van der Waals surface area contributed by atoms with E-state index in [1.165, 1.54) is 6.08 Å². The van der Waals surface area contributed by atoms with Crippen molar-refractivity contribution in [1.29, 1.82) is 0 Å². The van der Waals surface area contributed by atoms with Crippen molar-refractivity contribution in [3.8, 4) is 0 Å². The van der Waals surface area contributed by atoms with Gasteiger partial charge in [-0.1, -0.05) is 17.7 Å². The van der Waals surface area contributed by atoms with Crippen LogP contribution in [0, 0.1) is 6.92 Å². The molecule has 0 atom stereocenters. The van der Waals surface area contributed by atoms with Crippen molar-refractivity contribution in [2.75, 3.05) is 7.05 Å². The molecular formula is C15H17ClN4O. The molecule has 0 aliphatic rings. The van der Waals surface area contributed by atoms with E-state index in [-0.39, 0.29) is 5.91 Å². The summed E-state index contributed by atoms with van der Waals surface area (Å²) in [6, 6.07) is 3.78. The second-order valence-electron chi connectivity index (χ2n) is 4.80. The van der Waals surface area contributed by atoms with Crippen molar-refractivity contribution in [2.24, 2.45) is 7.05 Å². The van der Waals surface area contributed by atoms with Crippen LogP contribution >= 0.6 is 11.6 Å². The Kier molecular flexibility index (Phi) is 4.75. The number of hydrogen-bond acceptors (Lipinski definition) is 3. The molecule has 0 radical (unpaired) electrons. The van der Waals surface area contributed by atoms with Gasteiger partial charge in [0.25, 0.3) is 0 Å². The van der Waals surface area contributed by atoms with Gasteiger partial charge in [-0.3, -0.25) is 14.5 Å². The predicted molar refractivity (Wildman–Crippen MR) is 82.7 cm³/mol. The standard InChI is InChI=1S/C15H17ClN4O/c1-11-13(15(16)20(3)18-11)6-7-14(21)19(2)10-12-5-4-8-17-9-12/h4-9H,10H2,1-3H3. The summed E-state index contributed by atoms with van der Waals surface area (Å²) in [5.41, 5.74) is 2.54. The first kappa shape index (κ1) is 15.3. The van der Waals surface area contributed by atoms with Crippen molar-refractivity contribution in [3.63, 3.8) is 0 Å². The highest BCUT2D eigenvalue weighted by molar-refractivity contribution is 6.31. The van der Waals surface area contributed by atoms with Gasteiger partial charge in [-0.15, -0.1) is 0 Å². The lowest BCUT2D eigenvalue weighted by Gasteiger charge is -2.14. The molecule has 0 saturated heterocycles. The molecule has 2 rings (SSSR count). The normalized spacial score (nSPS) is 11.0. The van der Waals surface area contributed by atoms with E-state index in [0.717, 1.165) is 16.8 Å². The molecule has 0 N–H and O–H groups in total. The molecular weight excluding hydrogens is 288 g/mol. The van der Waals surface area contributed by atoms with Crippen LogP contribution in [0.2, 0.25) is 5.15 Å². The minimum atomic E-state index is -0.0989. The third-order valence-electron chi connectivity index (χ3n) is 3.11. The average molecular weight is 305 g/mol. The zero-order chi connectivity index (χ0) is 15.4. The zero-order valence-electron chi connectivity index (χ0n) is 12.2. The van der Waals surface area contributed by atoms with Crippen molar-refractivity contribution >= 4 is 23.6 Å². The van der Waals surface area contributed by atoms with Gasteiger partial charge in [-0.25, -0.2) is 0 Å². The van der Waals surface area contributed by atoms with E-state index in [9.17, 15) is 4.79 Å². The first-order chi connectivity index (χ1) is 9.99. The lowest BCUT2D eigenvalue weighted by Crippen LogP contribution is -2.24. The minimum absolute atomic E-state index is 0.0989. The number of aryl methyl sites for hydroxylation is 2. The third kappa shape index (κ3) is 3.70. The molecule has 6 heteroatoms. The van der Waals surface area contributed by atoms with Gasteiger partial charge in [-0.2, -0.15) is 5.10 Å². The monoisotopic (exact) mass is 304 g/mol. The molecule has 2 aromatic rings. The molecule has 1 amide bonds. The first-order valence-electron chi connectivity index (χ1n) is 6.50. The van der Waals surface area contributed by atoms with Crippen molar-refractivity contribution in [1.82, 2.24) is 19.7 Å². The van der Waals surface area contributed by atoms with Crippen LogP contribution in [0.5, 0.6) is 0 Å². The molecule has 0 aliphatic heterocycles. The maximum Gasteiger partial charge on any atom is 0.246 e. The average Bonchev–Trinajstić information content (AvgIpc) is 2.71. The van der Waals surface area contributed by atoms with Gasteiger partial charge >= 0.3 is 0 Å². The number of aromatic nitrogens is 3. The summed E-state index contributed by atoms with van der Waals surface area (Å²) < 4.78 is 1.58. The number of carbonyl (C=O) groups is 1. The molecule has 2 aromatic heterocycles. The molecule has 0 unspecified atom stereocenters. The number of amides is 1. The summed E-state index contributed by atoms with van der Waals surface area (Å²) in [5.74, 6) is -0.0989. The van der Waals surface area contributed by atoms with Gasteiger partial charge in [0, 0.05) is 44.7 Å². The smallest absolute Gasteiger partial charge is 0.246 e. The van der Waals surface area contributed by atoms with Crippen LogP contribution in [0.25, 0.3) is 6.08 Å². The van der Waals surface area contributed by atoms with E-state index in [0.29, 0.717) is 11.7 Å². The second-order valence-corrected chi connectivity index (χ2v) is 5.16. The van der Waals surface area contributed by atoms with E-state index in [2.05, 4.69) is 10.1 Å². The number of pyridine rings is 1. The summed E-state index contributed by atoms with van der Waals surface area (Å²) in [4.78, 5) is 17.7. The van der Waals surface area contributed by atoms with Crippen molar-refractivity contribution < 1.29 is 4.79 Å². The Bertz CT molecular complexity index is 664. The molecule has 0 aromatic carbocycles. The van der Waals surface area contributed by atoms with Crippen LogP contribution in [-0.4, -0.2) is 32.6 Å². The van der Waals surface area contributed by atoms with Crippen LogP contribution in [0.15, 0.2) is 30.6 Å². The predicted octanol–water partition coefficient (Wildman–Crippen LogP) is 2.45. The van der Waals surface area contributed by atoms with Crippen molar-refractivity contribution in [2.45, 2.75) is 13.5 Å². The lowest BCUT2D eigenvalue weighted by atomic mass is 10.2. The molecule has 5 nitrogen and oxygen atoms in total. The summed E-state index contributed by atoms with van der Waals surface area (Å²) in [7, 11) is 3.51. The summed E-state index contributed by atoms with van der Waals surface area (Å²) in [5, 5.41) is 4.72. The lowest BCUT2D eigenvalue weighted by molar-refractivity contribution is -0.125. The Balaban J connectivity index is 2.05. The number of carbonyl (C=O) groups excluding carboxylic acids is 1. The maximum atomic E-state index is 12.1. The van der Waals surface area contributed by atoms with E-state index in [1.807, 2.05) is 19.1 Å². The number of halogens is 1. The van der Waals surface area contributed by atoms with E-state index >= 15 is 0 Å². The van der Waals surface area contributed by atoms with Crippen LogP contribution < -0.4 is 0 Å². The zero-order valence-corrected chi connectivity index (χ0v) is 13.0. The van der Waals surface area contributed by atoms with Gasteiger partial charge in [-0.05, 0) is 24.6 Å². The highest BCUT2D eigenvalue weighted by Gasteiger charge is 2.10. The molecule has 0 saturated carbocycles.